The van der Waals surface area contributed by atoms with Crippen LogP contribution in [0.3, 0.4) is 0 Å². The van der Waals surface area contributed by atoms with Gasteiger partial charge in [-0.25, -0.2) is 4.98 Å². The molecule has 4 atom stereocenters. The van der Waals surface area contributed by atoms with Gasteiger partial charge in [-0.1, -0.05) is 30.3 Å². The number of aliphatic hydroxyl groups is 2. The summed E-state index contributed by atoms with van der Waals surface area (Å²) >= 11 is 7.40. The molecule has 3 rings (SSSR count). The van der Waals surface area contributed by atoms with Crippen LogP contribution in [0.4, 0.5) is 0 Å². The summed E-state index contributed by atoms with van der Waals surface area (Å²) in [6, 6.07) is -0.365. The molecule has 0 radical (unpaired) electrons. The average Bonchev–Trinajstić information content (AvgIpc) is 3.23. The number of hydrogen-bond donors (Lipinski definition) is 5. The number of piperidine rings is 1. The van der Waals surface area contributed by atoms with E-state index in [1.54, 1.807) is 6.92 Å². The maximum Gasteiger partial charge on any atom is 0.287 e. The number of nitrogens with one attached hydrogen (secondary N) is 3. The number of hydrazone groups is 1. The maximum atomic E-state index is 12.3. The number of carbonyl (C=O) groups is 1. The van der Waals surface area contributed by atoms with E-state index in [-0.39, 0.29) is 23.3 Å². The van der Waals surface area contributed by atoms with Crippen molar-refractivity contribution in [3.05, 3.63) is 16.7 Å². The highest BCUT2D eigenvalue weighted by Crippen LogP contribution is 2.25. The molecule has 4 unspecified atom stereocenters. The normalized spacial score (nSPS) is 27.7. The molecule has 144 valence electrons. The first-order valence-electron chi connectivity index (χ1n) is 8.54. The van der Waals surface area contributed by atoms with E-state index in [1.165, 1.54) is 11.8 Å². The van der Waals surface area contributed by atoms with Crippen molar-refractivity contribution >= 4 is 34.3 Å². The van der Waals surface area contributed by atoms with Gasteiger partial charge < -0.3 is 20.5 Å². The minimum atomic E-state index is -0.721. The second kappa shape index (κ2) is 8.13. The molecule has 0 spiro atoms. The summed E-state index contributed by atoms with van der Waals surface area (Å²) < 4.78 is 0. The van der Waals surface area contributed by atoms with Gasteiger partial charge in [-0.2, -0.15) is 5.10 Å². The van der Waals surface area contributed by atoms with Gasteiger partial charge in [0.05, 0.1) is 17.8 Å². The maximum absolute atomic E-state index is 12.3. The van der Waals surface area contributed by atoms with Gasteiger partial charge in [0.2, 0.25) is 0 Å². The minimum Gasteiger partial charge on any atom is -0.390 e. The fourth-order valence-electron chi connectivity index (χ4n) is 2.94. The van der Waals surface area contributed by atoms with Crippen LogP contribution in [-0.4, -0.2) is 72.9 Å². The van der Waals surface area contributed by atoms with Gasteiger partial charge >= 0.3 is 0 Å². The molecule has 9 nitrogen and oxygen atoms in total. The highest BCUT2D eigenvalue weighted by atomic mass is 35.5. The molecule has 11 heteroatoms. The van der Waals surface area contributed by atoms with Gasteiger partial charge in [0, 0.05) is 13.1 Å². The van der Waals surface area contributed by atoms with Crippen LogP contribution < -0.4 is 10.7 Å². The zero-order valence-corrected chi connectivity index (χ0v) is 16.1. The molecule has 2 aliphatic heterocycles. The van der Waals surface area contributed by atoms with Gasteiger partial charge in [-0.05, 0) is 19.8 Å². The second-order valence-electron chi connectivity index (χ2n) is 6.36. The van der Waals surface area contributed by atoms with Gasteiger partial charge in [0.25, 0.3) is 5.91 Å². The van der Waals surface area contributed by atoms with E-state index in [0.29, 0.717) is 41.8 Å². The van der Waals surface area contributed by atoms with Gasteiger partial charge in [0.1, 0.15) is 16.6 Å². The van der Waals surface area contributed by atoms with E-state index >= 15 is 0 Å². The number of rotatable bonds is 5. The Labute approximate surface area is 160 Å². The Morgan fingerprint density at radius 1 is 1.58 bits per heavy atom. The third kappa shape index (κ3) is 4.15. The Kier molecular flexibility index (Phi) is 6.08. The molecule has 0 saturated carbocycles. The number of aromatic amines is 1. The Bertz CT molecular complexity index is 697. The van der Waals surface area contributed by atoms with Crippen LogP contribution in [0, 0.1) is 0 Å². The van der Waals surface area contributed by atoms with E-state index in [9.17, 15) is 15.0 Å². The van der Waals surface area contributed by atoms with Crippen molar-refractivity contribution in [3.63, 3.8) is 0 Å². The summed E-state index contributed by atoms with van der Waals surface area (Å²) in [6.45, 7) is 4.64. The van der Waals surface area contributed by atoms with E-state index in [0.717, 1.165) is 0 Å². The number of likely N-dealkylation sites (tertiary alicyclic amines) is 1. The number of H-pyrrole nitrogens is 1. The summed E-state index contributed by atoms with van der Waals surface area (Å²) in [5, 5.41) is 27.9. The van der Waals surface area contributed by atoms with Gasteiger partial charge in [-0.3, -0.25) is 15.1 Å². The lowest BCUT2D eigenvalue weighted by Gasteiger charge is -2.38. The predicted molar refractivity (Wildman–Crippen MR) is 100 cm³/mol. The largest absolute Gasteiger partial charge is 0.390 e. The SMILES string of the molecule is CCc1[nH]c(C(=O)NC2CCN(C3NN=C(C(C)O)S3)CC2O)nc1Cl. The summed E-state index contributed by atoms with van der Waals surface area (Å²) in [4.78, 5) is 21.3. The zero-order chi connectivity index (χ0) is 18.8. The van der Waals surface area contributed by atoms with E-state index in [4.69, 9.17) is 11.6 Å². The Hall–Kier alpha value is -1.33. The number of aliphatic hydroxyl groups excluding tert-OH is 2. The fourth-order valence-corrected chi connectivity index (χ4v) is 4.18. The first kappa shape index (κ1) is 19.4. The molecule has 1 fully saturated rings. The molecule has 2 aliphatic rings. The highest BCUT2D eigenvalue weighted by molar-refractivity contribution is 8.14. The number of β-amino-alcohol motifs (C(OH)–C–C–N with tert-alkyl or cyclic N) is 1. The molecule has 1 saturated heterocycles. The first-order valence-corrected chi connectivity index (χ1v) is 9.80. The average molecular weight is 403 g/mol. The molecule has 1 aromatic rings. The van der Waals surface area contributed by atoms with Crippen molar-refractivity contribution in [2.24, 2.45) is 5.10 Å². The molecule has 1 aromatic heterocycles. The van der Waals surface area contributed by atoms with Crippen LogP contribution in [0.5, 0.6) is 0 Å². The highest BCUT2D eigenvalue weighted by Gasteiger charge is 2.35. The lowest BCUT2D eigenvalue weighted by molar-refractivity contribution is 0.0300. The van der Waals surface area contributed by atoms with Crippen molar-refractivity contribution < 1.29 is 15.0 Å². The summed E-state index contributed by atoms with van der Waals surface area (Å²) in [7, 11) is 0. The van der Waals surface area contributed by atoms with Crippen molar-refractivity contribution in [1.29, 1.82) is 0 Å². The lowest BCUT2D eigenvalue weighted by atomic mass is 10.0. The van der Waals surface area contributed by atoms with Gasteiger partial charge in [0.15, 0.2) is 11.0 Å². The van der Waals surface area contributed by atoms with E-state index in [2.05, 4.69) is 25.8 Å². The zero-order valence-electron chi connectivity index (χ0n) is 14.6. The molecule has 5 N–H and O–H groups in total. The number of nitrogens with zero attached hydrogens (tertiary/aromatic N) is 3. The number of halogens is 1. The number of aromatic nitrogens is 2. The summed E-state index contributed by atoms with van der Waals surface area (Å²) in [6.07, 6.45) is -0.0953. The van der Waals surface area contributed by atoms with E-state index in [1.807, 2.05) is 11.8 Å². The van der Waals surface area contributed by atoms with E-state index < -0.39 is 12.2 Å². The minimum absolute atomic E-state index is 0.123. The third-order valence-electron chi connectivity index (χ3n) is 4.43. The number of thioether (sulfide) groups is 1. The van der Waals surface area contributed by atoms with Crippen molar-refractivity contribution in [1.82, 2.24) is 25.6 Å². The quantitative estimate of drug-likeness (QED) is 0.473. The van der Waals surface area contributed by atoms with Crippen LogP contribution in [0.25, 0.3) is 0 Å². The number of imidazole rings is 1. The third-order valence-corrected chi connectivity index (χ3v) is 6.05. The molecule has 26 heavy (non-hydrogen) atoms. The van der Waals surface area contributed by atoms with Crippen LogP contribution in [0.2, 0.25) is 5.15 Å². The number of amides is 1. The number of hydrogen-bond acceptors (Lipinski definition) is 8. The number of carbonyl (C=O) groups excluding carboxylic acids is 1. The van der Waals surface area contributed by atoms with Crippen molar-refractivity contribution in [2.45, 2.75) is 50.4 Å². The molecular weight excluding hydrogens is 380 g/mol. The van der Waals surface area contributed by atoms with Crippen LogP contribution in [-0.2, 0) is 6.42 Å². The van der Waals surface area contributed by atoms with Crippen molar-refractivity contribution in [3.8, 4) is 0 Å². The molecule has 0 aliphatic carbocycles. The van der Waals surface area contributed by atoms with Crippen molar-refractivity contribution in [2.75, 3.05) is 13.1 Å². The predicted octanol–water partition coefficient (Wildman–Crippen LogP) is 0.105. The van der Waals surface area contributed by atoms with Crippen LogP contribution in [0.1, 0.15) is 36.6 Å². The lowest BCUT2D eigenvalue weighted by Crippen LogP contribution is -2.57. The standard InChI is InChI=1S/C15H23ClN6O3S/c1-3-8-11(16)19-12(17-8)13(25)18-9-4-5-22(6-10(9)24)15-21-20-14(26-15)7(2)23/h7,9-10,15,21,23-24H,3-6H2,1-2H3,(H,17,19)(H,18,25). The summed E-state index contributed by atoms with van der Waals surface area (Å²) in [5.74, 6) is -0.221. The molecule has 0 bridgehead atoms. The topological polar surface area (TPSA) is 126 Å². The monoisotopic (exact) mass is 402 g/mol. The fraction of sp³-hybridized carbons (Fsp3) is 0.667. The Balaban J connectivity index is 1.53. The van der Waals surface area contributed by atoms with Crippen LogP contribution in [0.15, 0.2) is 5.10 Å². The summed E-state index contributed by atoms with van der Waals surface area (Å²) in [5.41, 5.74) is 3.55. The van der Waals surface area contributed by atoms with Gasteiger partial charge in [-0.15, -0.1) is 0 Å². The molecular formula is C15H23ClN6O3S. The first-order chi connectivity index (χ1) is 12.4. The molecule has 3 heterocycles. The molecule has 1 amide bonds. The Morgan fingerprint density at radius 2 is 2.35 bits per heavy atom. The molecule has 0 aromatic carbocycles. The van der Waals surface area contributed by atoms with Crippen LogP contribution >= 0.6 is 23.4 Å². The second-order valence-corrected chi connectivity index (χ2v) is 7.82. The number of aryl methyl sites for hydroxylation is 1. The smallest absolute Gasteiger partial charge is 0.287 e. The Morgan fingerprint density at radius 3 is 2.92 bits per heavy atom.